The van der Waals surface area contributed by atoms with E-state index in [0.717, 1.165) is 38.4 Å². The third kappa shape index (κ3) is 7.11. The van der Waals surface area contributed by atoms with Gasteiger partial charge in [0, 0.05) is 27.7 Å². The number of anilines is 2. The zero-order chi connectivity index (χ0) is 33.2. The van der Waals surface area contributed by atoms with Gasteiger partial charge in [-0.3, -0.25) is 40.1 Å². The molecule has 5 aromatic rings. The molecule has 3 aromatic carbocycles. The van der Waals surface area contributed by atoms with Gasteiger partial charge in [0.15, 0.2) is 0 Å². The Hall–Kier alpha value is -4.46. The van der Waals surface area contributed by atoms with Gasteiger partial charge in [0.25, 0.3) is 29.3 Å². The summed E-state index contributed by atoms with van der Waals surface area (Å²) in [5, 5.41) is 15.6. The summed E-state index contributed by atoms with van der Waals surface area (Å²) < 4.78 is 3.20. The third-order valence-corrected chi connectivity index (χ3v) is 10.2. The Balaban J connectivity index is 0.000000165. The molecule has 2 fully saturated rings. The number of amides is 4. The quantitative estimate of drug-likeness (QED) is 0.0663. The van der Waals surface area contributed by atoms with Crippen molar-refractivity contribution in [1.29, 1.82) is 0 Å². The molecule has 0 radical (unpaired) electrons. The number of hydrogen-bond donors (Lipinski definition) is 2. The smallest absolute Gasteiger partial charge is 0.267 e. The number of carbonyl (C=O) groups is 4. The summed E-state index contributed by atoms with van der Waals surface area (Å²) in [7, 11) is 0. The van der Waals surface area contributed by atoms with Crippen molar-refractivity contribution in [3.63, 3.8) is 0 Å². The van der Waals surface area contributed by atoms with Crippen LogP contribution in [0.4, 0.5) is 17.1 Å². The molecule has 2 saturated heterocycles. The van der Waals surface area contributed by atoms with E-state index in [0.29, 0.717) is 16.3 Å². The number of thiophene rings is 2. The number of rotatable bonds is 5. The molecular weight excluding hydrogens is 868 g/mol. The van der Waals surface area contributed by atoms with Crippen LogP contribution in [-0.2, 0) is 19.2 Å². The van der Waals surface area contributed by atoms with Crippen LogP contribution in [0.5, 0.6) is 0 Å². The van der Waals surface area contributed by atoms with Gasteiger partial charge >= 0.3 is 0 Å². The maximum Gasteiger partial charge on any atom is 0.282 e. The average Bonchev–Trinajstić information content (AvgIpc) is 3.82. The molecule has 11 nitrogen and oxygen atoms in total. The van der Waals surface area contributed by atoms with Gasteiger partial charge in [-0.1, -0.05) is 18.2 Å². The molecule has 0 aliphatic carbocycles. The highest BCUT2D eigenvalue weighted by atomic mass is 127. The van der Waals surface area contributed by atoms with E-state index < -0.39 is 16.7 Å². The van der Waals surface area contributed by atoms with Crippen LogP contribution >= 0.6 is 67.9 Å². The molecule has 2 aromatic heterocycles. The molecule has 2 N–H and O–H groups in total. The van der Waals surface area contributed by atoms with Crippen LogP contribution in [-0.4, -0.2) is 28.6 Å². The van der Waals surface area contributed by atoms with Crippen LogP contribution in [0, 0.1) is 17.3 Å². The summed E-state index contributed by atoms with van der Waals surface area (Å²) in [4.78, 5) is 60.7. The van der Waals surface area contributed by atoms with Crippen LogP contribution in [0.2, 0.25) is 0 Å². The zero-order valence-electron chi connectivity index (χ0n) is 23.7. The van der Waals surface area contributed by atoms with Crippen molar-refractivity contribution in [3.8, 4) is 0 Å². The lowest BCUT2D eigenvalue weighted by Crippen LogP contribution is -2.35. The Bertz CT molecular complexity index is 2110. The molecule has 0 atom stereocenters. The van der Waals surface area contributed by atoms with Gasteiger partial charge < -0.3 is 0 Å². The molecule has 4 amide bonds. The molecule has 0 spiro atoms. The highest BCUT2D eigenvalue weighted by Crippen LogP contribution is 2.30. The molecule has 2 aliphatic heterocycles. The number of halogens is 2. The van der Waals surface area contributed by atoms with E-state index >= 15 is 0 Å². The van der Waals surface area contributed by atoms with E-state index in [9.17, 15) is 29.3 Å². The first-order valence-electron chi connectivity index (χ1n) is 13.5. The summed E-state index contributed by atoms with van der Waals surface area (Å²) in [5.41, 5.74) is 6.33. The van der Waals surface area contributed by atoms with Gasteiger partial charge in [0.1, 0.15) is 11.1 Å². The molecule has 0 unspecified atom stereocenters. The van der Waals surface area contributed by atoms with E-state index in [1.807, 2.05) is 66.7 Å². The second kappa shape index (κ2) is 13.7. The first kappa shape index (κ1) is 32.5. The fraction of sp³-hybridized carbons (Fsp3) is 0. The molecule has 0 saturated carbocycles. The molecular formula is C32H19I2N5O6S2. The number of fused-ring (bicyclic) bond motifs is 1. The minimum Gasteiger partial charge on any atom is -0.267 e. The van der Waals surface area contributed by atoms with Crippen molar-refractivity contribution in [1.82, 2.24) is 10.9 Å². The summed E-state index contributed by atoms with van der Waals surface area (Å²) in [5.74, 6) is -1.74. The number of nitro groups is 1. The lowest BCUT2D eigenvalue weighted by Gasteiger charge is -2.14. The standard InChI is InChI=1S/C18H11IN2O2S.C14H8IN3O4S/c19-12-5-7-13(8-6-12)21-18(23)15(17(22)20-21)10-14-9-11-3-1-2-4-16(11)24-14;15-8-1-3-9(4-2-8)17-14(20)12(13(19)16-17)6-11-5-10(7-23-11)18(21)22/h1-10H,(H,20,22);1-7H,(H,16,19). The van der Waals surface area contributed by atoms with Gasteiger partial charge in [-0.05, 0) is 123 Å². The van der Waals surface area contributed by atoms with Gasteiger partial charge in [0.2, 0.25) is 0 Å². The van der Waals surface area contributed by atoms with Crippen LogP contribution < -0.4 is 20.9 Å². The maximum absolute atomic E-state index is 12.6. The molecule has 2 aliphatic rings. The minimum absolute atomic E-state index is 0.0553. The van der Waals surface area contributed by atoms with Crippen LogP contribution in [0.25, 0.3) is 22.2 Å². The molecule has 7 rings (SSSR count). The number of hydrazine groups is 2. The lowest BCUT2D eigenvalue weighted by molar-refractivity contribution is -0.384. The Morgan fingerprint density at radius 1 is 0.702 bits per heavy atom. The maximum atomic E-state index is 12.6. The average molecular weight is 887 g/mol. The van der Waals surface area contributed by atoms with Crippen LogP contribution in [0.1, 0.15) is 9.75 Å². The predicted molar refractivity (Wildman–Crippen MR) is 198 cm³/mol. The Kier molecular flexibility index (Phi) is 9.48. The van der Waals surface area contributed by atoms with Crippen molar-refractivity contribution >= 4 is 131 Å². The second-order valence-corrected chi connectivity index (χ2v) is 14.4. The highest BCUT2D eigenvalue weighted by Gasteiger charge is 2.35. The number of nitrogens with zero attached hydrogens (tertiary/aromatic N) is 3. The summed E-state index contributed by atoms with van der Waals surface area (Å²) in [6.07, 6.45) is 3.02. The van der Waals surface area contributed by atoms with Gasteiger partial charge in [-0.25, -0.2) is 10.0 Å². The lowest BCUT2D eigenvalue weighted by atomic mass is 10.2. The molecule has 0 bridgehead atoms. The van der Waals surface area contributed by atoms with Crippen molar-refractivity contribution in [2.75, 3.05) is 10.0 Å². The molecule has 4 heterocycles. The van der Waals surface area contributed by atoms with E-state index in [1.165, 1.54) is 22.5 Å². The highest BCUT2D eigenvalue weighted by molar-refractivity contribution is 14.1. The van der Waals surface area contributed by atoms with Crippen molar-refractivity contribution in [2.24, 2.45) is 0 Å². The Morgan fingerprint density at radius 2 is 1.21 bits per heavy atom. The first-order chi connectivity index (χ1) is 22.6. The van der Waals surface area contributed by atoms with Gasteiger partial charge in [-0.2, -0.15) is 0 Å². The van der Waals surface area contributed by atoms with Crippen LogP contribution in [0.3, 0.4) is 0 Å². The van der Waals surface area contributed by atoms with Gasteiger partial charge in [-0.15, -0.1) is 22.7 Å². The van der Waals surface area contributed by atoms with E-state index in [-0.39, 0.29) is 28.6 Å². The summed E-state index contributed by atoms with van der Waals surface area (Å²) in [6.45, 7) is 0. The second-order valence-electron chi connectivity index (χ2n) is 9.88. The minimum atomic E-state index is -0.537. The fourth-order valence-electron chi connectivity index (χ4n) is 4.53. The topological polar surface area (TPSA) is 142 Å². The van der Waals surface area contributed by atoms with Crippen molar-refractivity contribution < 1.29 is 24.1 Å². The Labute approximate surface area is 301 Å². The Morgan fingerprint density at radius 3 is 1.70 bits per heavy atom. The molecule has 15 heteroatoms. The third-order valence-electron chi connectivity index (χ3n) is 6.79. The number of benzene rings is 3. The van der Waals surface area contributed by atoms with E-state index in [2.05, 4.69) is 56.0 Å². The SMILES string of the molecule is O=C1NN(c2ccc(I)cc2)C(=O)C1=Cc1cc([N+](=O)[O-])cs1.O=C1NN(c2ccc(I)cc2)C(=O)C1=Cc1cc2ccccc2s1. The van der Waals surface area contributed by atoms with E-state index in [1.54, 1.807) is 29.5 Å². The van der Waals surface area contributed by atoms with Crippen LogP contribution in [0.15, 0.2) is 101 Å². The summed E-state index contributed by atoms with van der Waals surface area (Å²) in [6, 6.07) is 25.8. The van der Waals surface area contributed by atoms with Crippen molar-refractivity contribution in [3.05, 3.63) is 128 Å². The molecule has 47 heavy (non-hydrogen) atoms. The number of carbonyl (C=O) groups excluding carboxylic acids is 4. The first-order valence-corrected chi connectivity index (χ1v) is 17.4. The molecule has 234 valence electrons. The fourth-order valence-corrected chi connectivity index (χ4v) is 7.04. The monoisotopic (exact) mass is 887 g/mol. The predicted octanol–water partition coefficient (Wildman–Crippen LogP) is 6.69. The van der Waals surface area contributed by atoms with Crippen molar-refractivity contribution in [2.45, 2.75) is 0 Å². The van der Waals surface area contributed by atoms with E-state index in [4.69, 9.17) is 0 Å². The number of nitrogens with one attached hydrogen (secondary N) is 2. The van der Waals surface area contributed by atoms with Gasteiger partial charge in [0.05, 0.1) is 21.7 Å². The zero-order valence-corrected chi connectivity index (χ0v) is 29.6. The summed E-state index contributed by atoms with van der Waals surface area (Å²) >= 11 is 6.99. The normalized spacial score (nSPS) is 16.1. The number of hydrogen-bond acceptors (Lipinski definition) is 8. The largest absolute Gasteiger partial charge is 0.282 e.